The van der Waals surface area contributed by atoms with Crippen LogP contribution in [0.25, 0.3) is 11.4 Å². The first kappa shape index (κ1) is 13.6. The van der Waals surface area contributed by atoms with E-state index in [-0.39, 0.29) is 5.41 Å². The van der Waals surface area contributed by atoms with Crippen molar-refractivity contribution in [2.75, 3.05) is 5.73 Å². The van der Waals surface area contributed by atoms with Crippen LogP contribution in [-0.2, 0) is 18.5 Å². The van der Waals surface area contributed by atoms with Gasteiger partial charge in [-0.1, -0.05) is 20.8 Å². The average molecular weight is 261 g/mol. The zero-order valence-corrected chi connectivity index (χ0v) is 12.4. The molecule has 0 unspecified atom stereocenters. The highest BCUT2D eigenvalue weighted by Gasteiger charge is 2.25. The van der Waals surface area contributed by atoms with Crippen molar-refractivity contribution in [1.82, 2.24) is 19.1 Å². The Hall–Kier alpha value is -1.78. The highest BCUT2D eigenvalue weighted by Crippen LogP contribution is 2.31. The summed E-state index contributed by atoms with van der Waals surface area (Å²) in [5, 5.41) is 0. The molecule has 0 bridgehead atoms. The standard InChI is InChI=1S/C14H23N5/c1-6-18-9-16-8-10(18)11-12(15)19(7-2)13(17-11)14(3,4)5/h8-9H,6-7,15H2,1-5H3. The molecule has 0 fully saturated rings. The Morgan fingerprint density at radius 2 is 1.89 bits per heavy atom. The van der Waals surface area contributed by atoms with Crippen LogP contribution in [0.1, 0.15) is 40.4 Å². The van der Waals surface area contributed by atoms with Gasteiger partial charge in [-0.2, -0.15) is 0 Å². The minimum absolute atomic E-state index is 0.0283. The van der Waals surface area contributed by atoms with Gasteiger partial charge in [0.15, 0.2) is 0 Å². The summed E-state index contributed by atoms with van der Waals surface area (Å²) in [6.07, 6.45) is 3.64. The number of aryl methyl sites for hydroxylation is 1. The maximum Gasteiger partial charge on any atom is 0.133 e. The molecular weight excluding hydrogens is 238 g/mol. The van der Waals surface area contributed by atoms with E-state index in [1.807, 2.05) is 12.5 Å². The Bertz CT molecular complexity index is 571. The van der Waals surface area contributed by atoms with Crippen LogP contribution in [0, 0.1) is 0 Å². The van der Waals surface area contributed by atoms with Crippen molar-refractivity contribution in [1.29, 1.82) is 0 Å². The van der Waals surface area contributed by atoms with Crippen molar-refractivity contribution in [2.45, 2.75) is 53.1 Å². The third-order valence-electron chi connectivity index (χ3n) is 3.29. The van der Waals surface area contributed by atoms with Crippen molar-refractivity contribution in [3.8, 4) is 11.4 Å². The Morgan fingerprint density at radius 3 is 2.37 bits per heavy atom. The molecule has 0 spiro atoms. The first-order valence-corrected chi connectivity index (χ1v) is 6.77. The number of nitrogens with two attached hydrogens (primary N) is 1. The third-order valence-corrected chi connectivity index (χ3v) is 3.29. The van der Waals surface area contributed by atoms with Crippen molar-refractivity contribution < 1.29 is 0 Å². The van der Waals surface area contributed by atoms with E-state index in [9.17, 15) is 0 Å². The van der Waals surface area contributed by atoms with E-state index in [2.05, 4.69) is 48.7 Å². The average Bonchev–Trinajstić information content (AvgIpc) is 2.91. The SMILES string of the molecule is CCn1cncc1-c1nc(C(C)(C)C)n(CC)c1N. The maximum atomic E-state index is 6.29. The zero-order valence-electron chi connectivity index (χ0n) is 12.4. The monoisotopic (exact) mass is 261 g/mol. The minimum atomic E-state index is -0.0283. The van der Waals surface area contributed by atoms with Gasteiger partial charge in [0.2, 0.25) is 0 Å². The highest BCUT2D eigenvalue weighted by atomic mass is 15.2. The Morgan fingerprint density at radius 1 is 1.21 bits per heavy atom. The van der Waals surface area contributed by atoms with E-state index < -0.39 is 0 Å². The summed E-state index contributed by atoms with van der Waals surface area (Å²) in [7, 11) is 0. The normalized spacial score (nSPS) is 12.1. The number of hydrogen-bond acceptors (Lipinski definition) is 3. The van der Waals surface area contributed by atoms with Crippen LogP contribution in [0.2, 0.25) is 0 Å². The van der Waals surface area contributed by atoms with E-state index >= 15 is 0 Å². The molecule has 0 saturated heterocycles. The fourth-order valence-electron chi connectivity index (χ4n) is 2.32. The second-order valence-electron chi connectivity index (χ2n) is 5.73. The number of nitrogens with zero attached hydrogens (tertiary/aromatic N) is 4. The molecule has 2 heterocycles. The summed E-state index contributed by atoms with van der Waals surface area (Å²) in [6, 6.07) is 0. The summed E-state index contributed by atoms with van der Waals surface area (Å²) >= 11 is 0. The number of aromatic nitrogens is 4. The van der Waals surface area contributed by atoms with Gasteiger partial charge >= 0.3 is 0 Å². The van der Waals surface area contributed by atoms with Crippen molar-refractivity contribution in [2.24, 2.45) is 0 Å². The van der Waals surface area contributed by atoms with Crippen molar-refractivity contribution in [3.05, 3.63) is 18.3 Å². The van der Waals surface area contributed by atoms with Gasteiger partial charge in [0.1, 0.15) is 17.3 Å². The van der Waals surface area contributed by atoms with Crippen LogP contribution in [0.15, 0.2) is 12.5 Å². The first-order valence-electron chi connectivity index (χ1n) is 6.77. The van der Waals surface area contributed by atoms with Gasteiger partial charge in [0, 0.05) is 18.5 Å². The smallest absolute Gasteiger partial charge is 0.133 e. The lowest BCUT2D eigenvalue weighted by atomic mass is 9.96. The maximum absolute atomic E-state index is 6.29. The third kappa shape index (κ3) is 2.25. The van der Waals surface area contributed by atoms with Gasteiger partial charge in [0.05, 0.1) is 18.2 Å². The Kier molecular flexibility index (Phi) is 3.39. The highest BCUT2D eigenvalue weighted by molar-refractivity contribution is 5.68. The van der Waals surface area contributed by atoms with Crippen LogP contribution >= 0.6 is 0 Å². The quantitative estimate of drug-likeness (QED) is 0.924. The van der Waals surface area contributed by atoms with Crippen LogP contribution in [0.5, 0.6) is 0 Å². The van der Waals surface area contributed by atoms with Gasteiger partial charge in [0.25, 0.3) is 0 Å². The number of nitrogen functional groups attached to an aromatic ring is 1. The lowest BCUT2D eigenvalue weighted by Crippen LogP contribution is -2.19. The lowest BCUT2D eigenvalue weighted by molar-refractivity contribution is 0.508. The van der Waals surface area contributed by atoms with Crippen LogP contribution in [0.3, 0.4) is 0 Å². The number of imidazole rings is 2. The van der Waals surface area contributed by atoms with Gasteiger partial charge in [-0.15, -0.1) is 0 Å². The molecule has 0 radical (unpaired) electrons. The Labute approximate surface area is 114 Å². The second-order valence-corrected chi connectivity index (χ2v) is 5.73. The first-order chi connectivity index (χ1) is 8.90. The van der Waals surface area contributed by atoms with Crippen molar-refractivity contribution in [3.63, 3.8) is 0 Å². The number of hydrogen-bond donors (Lipinski definition) is 1. The molecule has 19 heavy (non-hydrogen) atoms. The molecule has 0 atom stereocenters. The molecule has 5 heteroatoms. The Balaban J connectivity index is 2.63. The summed E-state index contributed by atoms with van der Waals surface area (Å²) in [5.74, 6) is 1.74. The summed E-state index contributed by atoms with van der Waals surface area (Å²) in [4.78, 5) is 8.98. The molecule has 0 aromatic carbocycles. The molecule has 2 N–H and O–H groups in total. The van der Waals surface area contributed by atoms with E-state index in [1.54, 1.807) is 0 Å². The number of rotatable bonds is 3. The van der Waals surface area contributed by atoms with E-state index in [4.69, 9.17) is 10.7 Å². The van der Waals surface area contributed by atoms with Gasteiger partial charge in [-0.05, 0) is 13.8 Å². The molecule has 0 aliphatic carbocycles. The predicted molar refractivity (Wildman–Crippen MR) is 77.9 cm³/mol. The van der Waals surface area contributed by atoms with Gasteiger partial charge < -0.3 is 14.9 Å². The van der Waals surface area contributed by atoms with Crippen LogP contribution in [0.4, 0.5) is 5.82 Å². The number of anilines is 1. The van der Waals surface area contributed by atoms with E-state index in [0.29, 0.717) is 0 Å². The molecule has 2 rings (SSSR count). The van der Waals surface area contributed by atoms with Gasteiger partial charge in [-0.3, -0.25) is 0 Å². The van der Waals surface area contributed by atoms with E-state index in [0.717, 1.165) is 36.1 Å². The fourth-order valence-corrected chi connectivity index (χ4v) is 2.32. The molecule has 104 valence electrons. The topological polar surface area (TPSA) is 61.7 Å². The summed E-state index contributed by atoms with van der Waals surface area (Å²) in [5.41, 5.74) is 8.08. The molecule has 0 aliphatic heterocycles. The predicted octanol–water partition coefficient (Wildman–Crippen LogP) is 2.67. The molecule has 2 aromatic rings. The largest absolute Gasteiger partial charge is 0.383 e. The fraction of sp³-hybridized carbons (Fsp3) is 0.571. The molecule has 2 aromatic heterocycles. The molecule has 5 nitrogen and oxygen atoms in total. The molecule has 0 saturated carbocycles. The molecular formula is C14H23N5. The van der Waals surface area contributed by atoms with Crippen LogP contribution < -0.4 is 5.73 Å². The summed E-state index contributed by atoms with van der Waals surface area (Å²) < 4.78 is 4.15. The lowest BCUT2D eigenvalue weighted by Gasteiger charge is -2.19. The summed E-state index contributed by atoms with van der Waals surface area (Å²) in [6.45, 7) is 12.3. The zero-order chi connectivity index (χ0) is 14.2. The minimum Gasteiger partial charge on any atom is -0.383 e. The molecule has 0 aliphatic rings. The van der Waals surface area contributed by atoms with Gasteiger partial charge in [-0.25, -0.2) is 9.97 Å². The van der Waals surface area contributed by atoms with Crippen LogP contribution in [-0.4, -0.2) is 19.1 Å². The van der Waals surface area contributed by atoms with E-state index in [1.165, 1.54) is 0 Å². The second kappa shape index (κ2) is 4.72. The van der Waals surface area contributed by atoms with Crippen molar-refractivity contribution >= 4 is 5.82 Å². The molecule has 0 amide bonds.